The number of rotatable bonds is 3. The van der Waals surface area contributed by atoms with Crippen molar-refractivity contribution in [3.63, 3.8) is 0 Å². The van der Waals surface area contributed by atoms with Crippen molar-refractivity contribution in [1.29, 1.82) is 0 Å². The first-order valence-electron chi connectivity index (χ1n) is 3.58. The fraction of sp³-hybridized carbons (Fsp3) is 0.667. The van der Waals surface area contributed by atoms with Crippen molar-refractivity contribution in [3.8, 4) is 0 Å². The van der Waals surface area contributed by atoms with Crippen LogP contribution in [0.3, 0.4) is 0 Å². The second-order valence-electron chi connectivity index (χ2n) is 2.40. The summed E-state index contributed by atoms with van der Waals surface area (Å²) in [4.78, 5) is 21.7. The van der Waals surface area contributed by atoms with E-state index < -0.39 is 17.0 Å². The molecule has 0 aromatic rings. The Bertz CT molecular complexity index is 221. The van der Waals surface area contributed by atoms with Gasteiger partial charge in [-0.2, -0.15) is 0 Å². The third-order valence-corrected chi connectivity index (χ3v) is 1.78. The van der Waals surface area contributed by atoms with Crippen LogP contribution in [0.5, 0.6) is 0 Å². The smallest absolute Gasteiger partial charge is 0.324 e. The van der Waals surface area contributed by atoms with E-state index in [-0.39, 0.29) is 0 Å². The van der Waals surface area contributed by atoms with E-state index in [4.69, 9.17) is 4.74 Å². The fourth-order valence-corrected chi connectivity index (χ4v) is 1.03. The van der Waals surface area contributed by atoms with Gasteiger partial charge in [0.1, 0.15) is 0 Å². The van der Waals surface area contributed by atoms with Crippen molar-refractivity contribution in [2.45, 2.75) is 18.4 Å². The van der Waals surface area contributed by atoms with Gasteiger partial charge in [0.25, 0.3) is 11.0 Å². The summed E-state index contributed by atoms with van der Waals surface area (Å²) in [6.07, 6.45) is 0.755. The Kier molecular flexibility index (Phi) is 2.58. The highest BCUT2D eigenvalue weighted by molar-refractivity contribution is 7.82. The first-order valence-corrected chi connectivity index (χ1v) is 4.03. The molecule has 1 aliphatic heterocycles. The van der Waals surface area contributed by atoms with E-state index in [0.717, 1.165) is 6.42 Å². The Hall–Kier alpha value is -0.750. The molecule has 12 heavy (non-hydrogen) atoms. The minimum Gasteiger partial charge on any atom is -0.339 e. The molecular formula is C6H10N2O3S. The van der Waals surface area contributed by atoms with Crippen molar-refractivity contribution >= 4 is 24.6 Å². The van der Waals surface area contributed by atoms with Gasteiger partial charge in [0.05, 0.1) is 6.61 Å². The predicted octanol–water partition coefficient (Wildman–Crippen LogP) is -0.164. The fourth-order valence-electron chi connectivity index (χ4n) is 0.781. The molecule has 1 aliphatic rings. The van der Waals surface area contributed by atoms with Crippen molar-refractivity contribution in [2.24, 2.45) is 0 Å². The summed E-state index contributed by atoms with van der Waals surface area (Å²) in [5.74, 6) is -0.565. The molecule has 1 rings (SSSR count). The van der Waals surface area contributed by atoms with E-state index in [9.17, 15) is 9.59 Å². The summed E-state index contributed by atoms with van der Waals surface area (Å²) >= 11 is 3.90. The molecule has 2 N–H and O–H groups in total. The summed E-state index contributed by atoms with van der Waals surface area (Å²) in [6, 6.07) is -0.578. The van der Waals surface area contributed by atoms with Gasteiger partial charge in [0.2, 0.25) is 0 Å². The molecule has 0 saturated carbocycles. The quantitative estimate of drug-likeness (QED) is 0.329. The minimum absolute atomic E-state index is 0.372. The van der Waals surface area contributed by atoms with E-state index in [1.165, 1.54) is 0 Å². The molecule has 0 aromatic carbocycles. The van der Waals surface area contributed by atoms with E-state index in [2.05, 4.69) is 17.9 Å². The van der Waals surface area contributed by atoms with Gasteiger partial charge < -0.3 is 4.74 Å². The zero-order valence-electron chi connectivity index (χ0n) is 6.59. The van der Waals surface area contributed by atoms with Crippen LogP contribution in [-0.4, -0.2) is 23.6 Å². The number of thiol groups is 1. The molecule has 1 atom stereocenters. The molecule has 3 amide bonds. The van der Waals surface area contributed by atoms with Crippen LogP contribution in [-0.2, 0) is 9.53 Å². The number of hydrogen-bond donors (Lipinski definition) is 3. The molecule has 0 spiro atoms. The van der Waals surface area contributed by atoms with Gasteiger partial charge in [-0.3, -0.25) is 15.4 Å². The van der Waals surface area contributed by atoms with Crippen LogP contribution in [0.25, 0.3) is 0 Å². The maximum Gasteiger partial charge on any atom is 0.324 e. The van der Waals surface area contributed by atoms with Gasteiger partial charge in [0.15, 0.2) is 0 Å². The van der Waals surface area contributed by atoms with Crippen LogP contribution in [0.1, 0.15) is 13.3 Å². The van der Waals surface area contributed by atoms with Gasteiger partial charge in [-0.05, 0) is 6.42 Å². The zero-order chi connectivity index (χ0) is 9.19. The summed E-state index contributed by atoms with van der Waals surface area (Å²) in [5, 5.41) is 2.80. The summed E-state index contributed by atoms with van der Waals surface area (Å²) < 4.78 is 5.04. The van der Waals surface area contributed by atoms with Crippen LogP contribution in [0.2, 0.25) is 0 Å². The molecule has 0 radical (unpaired) electrons. The second-order valence-corrected chi connectivity index (χ2v) is 3.03. The number of hydrogen-bond acceptors (Lipinski definition) is 4. The van der Waals surface area contributed by atoms with Crippen LogP contribution in [0.4, 0.5) is 4.79 Å². The summed E-state index contributed by atoms with van der Waals surface area (Å²) in [7, 11) is 0. The monoisotopic (exact) mass is 190 g/mol. The van der Waals surface area contributed by atoms with Crippen molar-refractivity contribution in [1.82, 2.24) is 10.6 Å². The Balaban J connectivity index is 2.58. The van der Waals surface area contributed by atoms with Gasteiger partial charge in [-0.15, -0.1) is 12.6 Å². The maximum absolute atomic E-state index is 11.0. The molecule has 0 aliphatic carbocycles. The number of urea groups is 1. The number of nitrogens with one attached hydrogen (secondary N) is 2. The van der Waals surface area contributed by atoms with Gasteiger partial charge in [0, 0.05) is 0 Å². The molecule has 68 valence electrons. The summed E-state index contributed by atoms with van der Waals surface area (Å²) in [6.45, 7) is 2.27. The van der Waals surface area contributed by atoms with Crippen LogP contribution < -0.4 is 10.6 Å². The first-order chi connectivity index (χ1) is 5.58. The third-order valence-electron chi connectivity index (χ3n) is 1.33. The van der Waals surface area contributed by atoms with E-state index in [1.807, 2.05) is 12.2 Å². The molecule has 6 heteroatoms. The van der Waals surface area contributed by atoms with Crippen molar-refractivity contribution in [2.75, 3.05) is 6.61 Å². The normalized spacial score (nSPS) is 28.5. The second kappa shape index (κ2) is 3.32. The first kappa shape index (κ1) is 9.34. The SMILES string of the molecule is CCCOC1(S)NC(=O)NC1=O. The Labute approximate surface area is 75.2 Å². The minimum atomic E-state index is -1.48. The molecule has 0 aromatic heterocycles. The topological polar surface area (TPSA) is 67.4 Å². The Morgan fingerprint density at radius 1 is 1.58 bits per heavy atom. The summed E-state index contributed by atoms with van der Waals surface area (Å²) in [5.41, 5.74) is 0. The highest BCUT2D eigenvalue weighted by Crippen LogP contribution is 2.16. The lowest BCUT2D eigenvalue weighted by molar-refractivity contribution is -0.133. The molecule has 5 nitrogen and oxygen atoms in total. The predicted molar refractivity (Wildman–Crippen MR) is 44.6 cm³/mol. The highest BCUT2D eigenvalue weighted by Gasteiger charge is 2.44. The van der Waals surface area contributed by atoms with Crippen LogP contribution in [0.15, 0.2) is 0 Å². The largest absolute Gasteiger partial charge is 0.339 e. The number of imide groups is 1. The van der Waals surface area contributed by atoms with Crippen molar-refractivity contribution in [3.05, 3.63) is 0 Å². The van der Waals surface area contributed by atoms with Crippen molar-refractivity contribution < 1.29 is 14.3 Å². The number of carbonyl (C=O) groups excluding carboxylic acids is 2. The lowest BCUT2D eigenvalue weighted by Gasteiger charge is -2.18. The van der Waals surface area contributed by atoms with Gasteiger partial charge >= 0.3 is 6.03 Å². The lowest BCUT2D eigenvalue weighted by atomic mass is 10.5. The van der Waals surface area contributed by atoms with Crippen LogP contribution in [0, 0.1) is 0 Å². The number of carbonyl (C=O) groups is 2. The van der Waals surface area contributed by atoms with E-state index in [0.29, 0.717) is 6.61 Å². The van der Waals surface area contributed by atoms with E-state index in [1.54, 1.807) is 0 Å². The molecule has 1 unspecified atom stereocenters. The average molecular weight is 190 g/mol. The number of amides is 3. The van der Waals surface area contributed by atoms with Crippen LogP contribution >= 0.6 is 12.6 Å². The van der Waals surface area contributed by atoms with Gasteiger partial charge in [-0.25, -0.2) is 4.79 Å². The zero-order valence-corrected chi connectivity index (χ0v) is 7.48. The third kappa shape index (κ3) is 1.70. The van der Waals surface area contributed by atoms with Gasteiger partial charge in [-0.1, -0.05) is 6.92 Å². The lowest BCUT2D eigenvalue weighted by Crippen LogP contribution is -2.44. The Morgan fingerprint density at radius 2 is 2.25 bits per heavy atom. The molecule has 1 heterocycles. The van der Waals surface area contributed by atoms with E-state index >= 15 is 0 Å². The maximum atomic E-state index is 11.0. The number of ether oxygens (including phenoxy) is 1. The Morgan fingerprint density at radius 3 is 2.67 bits per heavy atom. The molecular weight excluding hydrogens is 180 g/mol. The molecule has 1 saturated heterocycles. The average Bonchev–Trinajstić information content (AvgIpc) is 2.23. The standard InChI is InChI=1S/C6H10N2O3S/c1-2-3-11-6(12)4(9)7-5(10)8-6/h12H,2-3H2,1H3,(H2,7,8,9,10). The molecule has 0 bridgehead atoms. The molecule has 1 fully saturated rings. The highest BCUT2D eigenvalue weighted by atomic mass is 32.1.